The maximum Gasteiger partial charge on any atom is 0.154 e. The Kier molecular flexibility index (Phi) is 3.75. The molecule has 5 heteroatoms. The molecule has 1 N–H and O–H groups in total. The number of azo groups is 1. The van der Waals surface area contributed by atoms with Crippen molar-refractivity contribution in [2.75, 3.05) is 19.0 Å². The summed E-state index contributed by atoms with van der Waals surface area (Å²) in [5.41, 5.74) is 1.78. The van der Waals surface area contributed by atoms with Gasteiger partial charge in [-0.25, -0.2) is 4.39 Å². The maximum absolute atomic E-state index is 13.4. The van der Waals surface area contributed by atoms with Gasteiger partial charge in [0.05, 0.1) is 5.69 Å². The van der Waals surface area contributed by atoms with Crippen molar-refractivity contribution < 1.29 is 9.50 Å². The van der Waals surface area contributed by atoms with E-state index in [4.69, 9.17) is 5.11 Å². The Bertz CT molecular complexity index is 594. The van der Waals surface area contributed by atoms with Crippen LogP contribution < -0.4 is 4.90 Å². The van der Waals surface area contributed by atoms with Gasteiger partial charge in [0.1, 0.15) is 11.4 Å². The Hall–Kier alpha value is -2.43. The smallest absolute Gasteiger partial charge is 0.154 e. The number of anilines is 1. The van der Waals surface area contributed by atoms with Crippen LogP contribution in [0.4, 0.5) is 21.5 Å². The predicted octanol–water partition coefficient (Wildman–Crippen LogP) is 4.01. The van der Waals surface area contributed by atoms with E-state index < -0.39 is 5.82 Å². The molecule has 0 aliphatic rings. The van der Waals surface area contributed by atoms with Gasteiger partial charge in [-0.1, -0.05) is 0 Å². The highest BCUT2D eigenvalue weighted by molar-refractivity contribution is 5.52. The van der Waals surface area contributed by atoms with Gasteiger partial charge in [-0.05, 0) is 36.4 Å². The van der Waals surface area contributed by atoms with E-state index in [1.165, 1.54) is 12.1 Å². The first-order valence-corrected chi connectivity index (χ1v) is 5.74. The average Bonchev–Trinajstić information content (AvgIpc) is 2.38. The van der Waals surface area contributed by atoms with Crippen LogP contribution in [-0.4, -0.2) is 19.2 Å². The molecular formula is C14H14FN3O. The fraction of sp³-hybridized carbons (Fsp3) is 0.143. The number of phenols is 1. The molecule has 0 fully saturated rings. The summed E-state index contributed by atoms with van der Waals surface area (Å²) in [5, 5.41) is 16.9. The number of phenolic OH excluding ortho intramolecular Hbond substituents is 1. The third kappa shape index (κ3) is 3.28. The maximum atomic E-state index is 13.4. The monoisotopic (exact) mass is 259 g/mol. The summed E-state index contributed by atoms with van der Waals surface area (Å²) in [5.74, 6) is -0.736. The van der Waals surface area contributed by atoms with Crippen LogP contribution in [0.3, 0.4) is 0 Å². The molecular weight excluding hydrogens is 245 g/mol. The lowest BCUT2D eigenvalue weighted by molar-refractivity contribution is 0.469. The minimum absolute atomic E-state index is 0.0921. The van der Waals surface area contributed by atoms with Crippen LogP contribution in [0.1, 0.15) is 0 Å². The quantitative estimate of drug-likeness (QED) is 0.846. The van der Waals surface area contributed by atoms with Gasteiger partial charge >= 0.3 is 0 Å². The van der Waals surface area contributed by atoms with Gasteiger partial charge in [0.2, 0.25) is 0 Å². The second kappa shape index (κ2) is 5.48. The number of rotatable bonds is 3. The van der Waals surface area contributed by atoms with Gasteiger partial charge in [0, 0.05) is 25.8 Å². The second-order valence-corrected chi connectivity index (χ2v) is 4.25. The molecule has 0 aliphatic carbocycles. The summed E-state index contributed by atoms with van der Waals surface area (Å²) in [6.07, 6.45) is 0. The second-order valence-electron chi connectivity index (χ2n) is 4.25. The molecule has 0 atom stereocenters. The van der Waals surface area contributed by atoms with Crippen molar-refractivity contribution in [3.63, 3.8) is 0 Å². The van der Waals surface area contributed by atoms with E-state index in [9.17, 15) is 4.39 Å². The minimum atomic E-state index is -0.603. The molecule has 0 saturated heterocycles. The molecule has 0 amide bonds. The third-order valence-electron chi connectivity index (χ3n) is 2.57. The molecule has 0 aliphatic heterocycles. The number of benzene rings is 2. The van der Waals surface area contributed by atoms with Gasteiger partial charge in [-0.3, -0.25) is 0 Å². The van der Waals surface area contributed by atoms with E-state index in [1.807, 2.05) is 31.1 Å². The van der Waals surface area contributed by atoms with Gasteiger partial charge in [-0.15, -0.1) is 5.11 Å². The summed E-state index contributed by atoms with van der Waals surface area (Å²) in [6, 6.07) is 11.2. The number of hydrogen-bond acceptors (Lipinski definition) is 4. The lowest BCUT2D eigenvalue weighted by atomic mass is 10.3. The Labute approximate surface area is 110 Å². The molecule has 0 bridgehead atoms. The zero-order valence-corrected chi connectivity index (χ0v) is 10.7. The molecule has 0 saturated carbocycles. The number of hydrogen-bond donors (Lipinski definition) is 1. The number of aromatic hydroxyl groups is 1. The highest BCUT2D eigenvalue weighted by atomic mass is 19.1. The van der Waals surface area contributed by atoms with Crippen LogP contribution in [0.15, 0.2) is 52.7 Å². The Morgan fingerprint density at radius 1 is 1.00 bits per heavy atom. The lowest BCUT2D eigenvalue weighted by Crippen LogP contribution is -2.07. The number of halogens is 1. The highest BCUT2D eigenvalue weighted by Crippen LogP contribution is 2.25. The van der Waals surface area contributed by atoms with Crippen LogP contribution in [-0.2, 0) is 0 Å². The Balaban J connectivity index is 2.18. The van der Waals surface area contributed by atoms with Crippen LogP contribution >= 0.6 is 0 Å². The molecule has 0 aromatic heterocycles. The zero-order chi connectivity index (χ0) is 13.8. The topological polar surface area (TPSA) is 48.2 Å². The highest BCUT2D eigenvalue weighted by Gasteiger charge is 2.01. The van der Waals surface area contributed by atoms with Crippen molar-refractivity contribution >= 4 is 17.1 Å². The molecule has 2 aromatic rings. The molecule has 0 radical (unpaired) electrons. The van der Waals surface area contributed by atoms with Gasteiger partial charge in [0.15, 0.2) is 5.82 Å². The van der Waals surface area contributed by atoms with Crippen molar-refractivity contribution in [2.24, 2.45) is 10.2 Å². The van der Waals surface area contributed by atoms with Crippen LogP contribution in [0.5, 0.6) is 5.75 Å². The minimum Gasteiger partial charge on any atom is -0.508 e. The van der Waals surface area contributed by atoms with Crippen LogP contribution in [0.2, 0.25) is 0 Å². The van der Waals surface area contributed by atoms with Crippen molar-refractivity contribution in [1.82, 2.24) is 0 Å². The lowest BCUT2D eigenvalue weighted by Gasteiger charge is -2.11. The predicted molar refractivity (Wildman–Crippen MR) is 73.0 cm³/mol. The standard InChI is InChI=1S/C14H14FN3O/c1-18(2)11-5-3-10(4-6-11)16-17-14-8-7-12(19)9-13(14)15/h3-9,19H,1-2H3/b17-16+. The van der Waals surface area contributed by atoms with E-state index in [0.29, 0.717) is 5.69 Å². The van der Waals surface area contributed by atoms with Crippen LogP contribution in [0, 0.1) is 5.82 Å². The third-order valence-corrected chi connectivity index (χ3v) is 2.57. The average molecular weight is 259 g/mol. The molecule has 98 valence electrons. The van der Waals surface area contributed by atoms with Crippen molar-refractivity contribution in [2.45, 2.75) is 0 Å². The molecule has 4 nitrogen and oxygen atoms in total. The molecule has 0 unspecified atom stereocenters. The molecule has 19 heavy (non-hydrogen) atoms. The Morgan fingerprint density at radius 2 is 1.68 bits per heavy atom. The van der Waals surface area contributed by atoms with E-state index in [2.05, 4.69) is 10.2 Å². The van der Waals surface area contributed by atoms with Crippen molar-refractivity contribution in [3.8, 4) is 5.75 Å². The summed E-state index contributed by atoms with van der Waals surface area (Å²) >= 11 is 0. The zero-order valence-electron chi connectivity index (χ0n) is 10.7. The first-order chi connectivity index (χ1) is 9.06. The fourth-order valence-electron chi connectivity index (χ4n) is 1.51. The molecule has 2 rings (SSSR count). The largest absolute Gasteiger partial charge is 0.508 e. The van der Waals surface area contributed by atoms with E-state index in [0.717, 1.165) is 11.8 Å². The number of nitrogens with zero attached hydrogens (tertiary/aromatic N) is 3. The summed E-state index contributed by atoms with van der Waals surface area (Å²) in [7, 11) is 3.89. The van der Waals surface area contributed by atoms with Crippen molar-refractivity contribution in [1.29, 1.82) is 0 Å². The summed E-state index contributed by atoms with van der Waals surface area (Å²) in [6.45, 7) is 0. The molecule has 2 aromatic carbocycles. The van der Waals surface area contributed by atoms with Gasteiger partial charge < -0.3 is 10.0 Å². The fourth-order valence-corrected chi connectivity index (χ4v) is 1.51. The van der Waals surface area contributed by atoms with Gasteiger partial charge in [0.25, 0.3) is 0 Å². The molecule has 0 heterocycles. The first kappa shape index (κ1) is 13.0. The summed E-state index contributed by atoms with van der Waals surface area (Å²) < 4.78 is 13.4. The summed E-state index contributed by atoms with van der Waals surface area (Å²) in [4.78, 5) is 1.97. The molecule has 0 spiro atoms. The SMILES string of the molecule is CN(C)c1ccc(/N=N/c2ccc(O)cc2F)cc1. The van der Waals surface area contributed by atoms with E-state index >= 15 is 0 Å². The van der Waals surface area contributed by atoms with Gasteiger partial charge in [-0.2, -0.15) is 5.11 Å². The first-order valence-electron chi connectivity index (χ1n) is 5.74. The van der Waals surface area contributed by atoms with Crippen LogP contribution in [0.25, 0.3) is 0 Å². The van der Waals surface area contributed by atoms with Crippen molar-refractivity contribution in [3.05, 3.63) is 48.3 Å². The normalized spacial score (nSPS) is 10.9. The van der Waals surface area contributed by atoms with E-state index in [1.54, 1.807) is 12.1 Å². The van der Waals surface area contributed by atoms with E-state index in [-0.39, 0.29) is 11.4 Å². The Morgan fingerprint density at radius 3 is 2.26 bits per heavy atom.